The molecular weight excluding hydrogens is 302 g/mol. The fourth-order valence-electron chi connectivity index (χ4n) is 0.955. The van der Waals surface area contributed by atoms with Crippen LogP contribution in [0.4, 0.5) is 0 Å². The first kappa shape index (κ1) is 13.9. The monoisotopic (exact) mass is 320 g/mol. The molecule has 0 aliphatic carbocycles. The molecule has 1 atom stereocenters. The Morgan fingerprint density at radius 1 is 1.23 bits per heavy atom. The van der Waals surface area contributed by atoms with E-state index in [0.29, 0.717) is 13.2 Å². The lowest BCUT2D eigenvalue weighted by atomic mass is 10.4. The second kappa shape index (κ2) is 7.21. The molecule has 5 heteroatoms. The predicted octanol–water partition coefficient (Wildman–Crippen LogP) is 3.81. The predicted molar refractivity (Wildman–Crippen MR) is 63.6 cm³/mol. The second-order valence-corrected chi connectivity index (χ2v) is 7.31. The molecule has 0 N–H and O–H groups in total. The minimum Gasteiger partial charge on any atom is -0.308 e. The van der Waals surface area contributed by atoms with Gasteiger partial charge in [-0.15, -0.1) is 0 Å². The molecule has 0 aromatic heterocycles. The highest BCUT2D eigenvalue weighted by Gasteiger charge is 2.32. The maximum absolute atomic E-state index is 12.1. The van der Waals surface area contributed by atoms with Gasteiger partial charge < -0.3 is 9.05 Å². The minimum absolute atomic E-state index is 0.0185. The highest BCUT2D eigenvalue weighted by molar-refractivity contribution is 14.1. The molecule has 0 aliphatic heterocycles. The van der Waals surface area contributed by atoms with E-state index in [1.807, 2.05) is 13.8 Å². The van der Waals surface area contributed by atoms with Crippen molar-refractivity contribution in [1.82, 2.24) is 0 Å². The molecule has 0 aromatic rings. The van der Waals surface area contributed by atoms with Crippen LogP contribution in [0.25, 0.3) is 0 Å². The average Bonchev–Trinajstić information content (AvgIpc) is 2.05. The molecule has 0 saturated heterocycles. The largest absolute Gasteiger partial charge is 0.343 e. The Hall–Kier alpha value is 0.880. The normalized spacial score (nSPS) is 14.5. The average molecular weight is 320 g/mol. The summed E-state index contributed by atoms with van der Waals surface area (Å²) in [6, 6.07) is 0. The van der Waals surface area contributed by atoms with Crippen molar-refractivity contribution in [3.63, 3.8) is 0 Å². The smallest absolute Gasteiger partial charge is 0.308 e. The van der Waals surface area contributed by atoms with E-state index in [0.717, 1.165) is 12.8 Å². The van der Waals surface area contributed by atoms with E-state index in [4.69, 9.17) is 9.05 Å². The molecule has 0 radical (unpaired) electrons. The molecule has 0 rings (SSSR count). The molecule has 13 heavy (non-hydrogen) atoms. The third-order valence-electron chi connectivity index (χ3n) is 1.49. The molecule has 0 bridgehead atoms. The van der Waals surface area contributed by atoms with Gasteiger partial charge in [0.05, 0.1) is 13.2 Å². The Kier molecular flexibility index (Phi) is 7.70. The lowest BCUT2D eigenvalue weighted by Crippen LogP contribution is -2.06. The van der Waals surface area contributed by atoms with Gasteiger partial charge in [0.25, 0.3) is 0 Å². The van der Waals surface area contributed by atoms with Crippen LogP contribution in [0.15, 0.2) is 0 Å². The number of halogens is 1. The van der Waals surface area contributed by atoms with Crippen LogP contribution in [-0.2, 0) is 13.6 Å². The Morgan fingerprint density at radius 3 is 2.00 bits per heavy atom. The van der Waals surface area contributed by atoms with Crippen LogP contribution in [0.2, 0.25) is 0 Å². The van der Waals surface area contributed by atoms with Gasteiger partial charge in [-0.25, -0.2) is 0 Å². The first-order valence-corrected chi connectivity index (χ1v) is 7.49. The first-order chi connectivity index (χ1) is 6.10. The van der Waals surface area contributed by atoms with Gasteiger partial charge >= 0.3 is 7.60 Å². The quantitative estimate of drug-likeness (QED) is 0.406. The molecule has 3 nitrogen and oxygen atoms in total. The third-order valence-corrected chi connectivity index (χ3v) is 6.34. The van der Waals surface area contributed by atoms with Gasteiger partial charge in [0.15, 0.2) is 0 Å². The summed E-state index contributed by atoms with van der Waals surface area (Å²) in [4.78, 5) is 0. The minimum atomic E-state index is -2.84. The molecule has 0 fully saturated rings. The van der Waals surface area contributed by atoms with E-state index >= 15 is 0 Å². The van der Waals surface area contributed by atoms with E-state index < -0.39 is 7.60 Å². The summed E-state index contributed by atoms with van der Waals surface area (Å²) in [7, 11) is -2.84. The van der Waals surface area contributed by atoms with Crippen molar-refractivity contribution in [2.45, 2.75) is 37.3 Å². The summed E-state index contributed by atoms with van der Waals surface area (Å²) >= 11 is 2.15. The molecule has 80 valence electrons. The van der Waals surface area contributed by atoms with Crippen LogP contribution in [-0.4, -0.2) is 16.9 Å². The highest BCUT2D eigenvalue weighted by atomic mass is 127. The molecule has 1 unspecified atom stereocenters. The van der Waals surface area contributed by atoms with Crippen LogP contribution >= 0.6 is 30.2 Å². The van der Waals surface area contributed by atoms with Crippen molar-refractivity contribution in [3.05, 3.63) is 0 Å². The molecule has 0 spiro atoms. The van der Waals surface area contributed by atoms with Crippen LogP contribution in [0.5, 0.6) is 0 Å². The maximum Gasteiger partial charge on any atom is 0.343 e. The topological polar surface area (TPSA) is 35.5 Å². The van der Waals surface area contributed by atoms with Crippen LogP contribution < -0.4 is 0 Å². The number of rotatable bonds is 7. The van der Waals surface area contributed by atoms with Crippen molar-refractivity contribution in [1.29, 1.82) is 0 Å². The van der Waals surface area contributed by atoms with Gasteiger partial charge in [-0.3, -0.25) is 4.57 Å². The van der Waals surface area contributed by atoms with Gasteiger partial charge in [0, 0.05) is 0 Å². The van der Waals surface area contributed by atoms with Crippen molar-refractivity contribution >= 4 is 30.2 Å². The van der Waals surface area contributed by atoms with Crippen LogP contribution in [0, 0.1) is 0 Å². The van der Waals surface area contributed by atoms with Gasteiger partial charge in [-0.2, -0.15) is 0 Å². The van der Waals surface area contributed by atoms with Gasteiger partial charge in [0.2, 0.25) is 0 Å². The van der Waals surface area contributed by atoms with E-state index in [-0.39, 0.29) is 3.67 Å². The first-order valence-electron chi connectivity index (χ1n) is 4.63. The summed E-state index contributed by atoms with van der Waals surface area (Å²) < 4.78 is 22.5. The SMILES string of the molecule is CCCC(I)P(=O)(OCC)OCC. The molecule has 0 saturated carbocycles. The molecule has 0 heterocycles. The number of alkyl halides is 1. The van der Waals surface area contributed by atoms with Gasteiger partial charge in [-0.05, 0) is 20.3 Å². The summed E-state index contributed by atoms with van der Waals surface area (Å²) in [5.74, 6) is 0. The standard InChI is InChI=1S/C8H18IO3P/c1-4-7-8(9)13(10,11-5-2)12-6-3/h8H,4-7H2,1-3H3. The van der Waals surface area contributed by atoms with E-state index in [9.17, 15) is 4.57 Å². The lowest BCUT2D eigenvalue weighted by Gasteiger charge is -2.21. The van der Waals surface area contributed by atoms with Gasteiger partial charge in [-0.1, -0.05) is 35.9 Å². The van der Waals surface area contributed by atoms with Crippen molar-refractivity contribution in [2.75, 3.05) is 13.2 Å². The van der Waals surface area contributed by atoms with E-state index in [2.05, 4.69) is 29.5 Å². The zero-order valence-corrected chi connectivity index (χ0v) is 11.5. The zero-order valence-electron chi connectivity index (χ0n) is 8.46. The van der Waals surface area contributed by atoms with Crippen molar-refractivity contribution in [2.24, 2.45) is 0 Å². The van der Waals surface area contributed by atoms with Gasteiger partial charge in [0.1, 0.15) is 3.67 Å². The summed E-state index contributed by atoms with van der Waals surface area (Å²) in [6.45, 7) is 6.62. The maximum atomic E-state index is 12.1. The Morgan fingerprint density at radius 2 is 1.69 bits per heavy atom. The Labute approximate surface area is 94.2 Å². The number of hydrogen-bond donors (Lipinski definition) is 0. The molecule has 0 aromatic carbocycles. The van der Waals surface area contributed by atoms with Crippen molar-refractivity contribution < 1.29 is 13.6 Å². The number of hydrogen-bond acceptors (Lipinski definition) is 3. The Balaban J connectivity index is 4.28. The third kappa shape index (κ3) is 4.77. The van der Waals surface area contributed by atoms with E-state index in [1.54, 1.807) is 0 Å². The Bertz CT molecular complexity index is 165. The summed E-state index contributed by atoms with van der Waals surface area (Å²) in [6.07, 6.45) is 1.87. The summed E-state index contributed by atoms with van der Waals surface area (Å²) in [5.41, 5.74) is 0. The fourth-order valence-corrected chi connectivity index (χ4v) is 4.24. The lowest BCUT2D eigenvalue weighted by molar-refractivity contribution is 0.218. The van der Waals surface area contributed by atoms with E-state index in [1.165, 1.54) is 0 Å². The second-order valence-electron chi connectivity index (χ2n) is 2.60. The molecule has 0 amide bonds. The van der Waals surface area contributed by atoms with Crippen LogP contribution in [0.1, 0.15) is 33.6 Å². The highest BCUT2D eigenvalue weighted by Crippen LogP contribution is 2.57. The molecule has 0 aliphatic rings. The van der Waals surface area contributed by atoms with Crippen molar-refractivity contribution in [3.8, 4) is 0 Å². The molecular formula is C8H18IO3P. The van der Waals surface area contributed by atoms with Crippen LogP contribution in [0.3, 0.4) is 0 Å². The zero-order chi connectivity index (χ0) is 10.3. The summed E-state index contributed by atoms with van der Waals surface area (Å²) in [5, 5.41) is 0. The fraction of sp³-hybridized carbons (Fsp3) is 1.00.